The van der Waals surface area contributed by atoms with Crippen LogP contribution >= 0.6 is 11.3 Å². The summed E-state index contributed by atoms with van der Waals surface area (Å²) in [6, 6.07) is 58.0. The molecule has 0 saturated carbocycles. The molecule has 1 aromatic heterocycles. The van der Waals surface area contributed by atoms with Crippen LogP contribution in [0.5, 0.6) is 0 Å². The molecule has 286 valence electrons. The molecule has 1 heterocycles. The summed E-state index contributed by atoms with van der Waals surface area (Å²) < 4.78 is 1.37. The van der Waals surface area contributed by atoms with Gasteiger partial charge < -0.3 is 4.90 Å². The molecular formula is C57H47NS. The second-order valence-corrected chi connectivity index (χ2v) is 17.1. The Labute approximate surface area is 353 Å². The van der Waals surface area contributed by atoms with E-state index in [-0.39, 0.29) is 0 Å². The Morgan fingerprint density at radius 3 is 2.07 bits per heavy atom. The van der Waals surface area contributed by atoms with Crippen molar-refractivity contribution >= 4 is 38.3 Å². The Bertz CT molecular complexity index is 2840. The van der Waals surface area contributed by atoms with Crippen LogP contribution in [0.2, 0.25) is 0 Å². The first-order valence-corrected chi connectivity index (χ1v) is 21.7. The topological polar surface area (TPSA) is 3.24 Å². The lowest BCUT2D eigenvalue weighted by Crippen LogP contribution is -2.29. The average molecular weight is 778 g/mol. The highest BCUT2D eigenvalue weighted by Crippen LogP contribution is 2.57. The van der Waals surface area contributed by atoms with Gasteiger partial charge in [-0.15, -0.1) is 11.3 Å². The van der Waals surface area contributed by atoms with Gasteiger partial charge in [-0.1, -0.05) is 171 Å². The van der Waals surface area contributed by atoms with Gasteiger partial charge in [-0.2, -0.15) is 0 Å². The zero-order valence-electron chi connectivity index (χ0n) is 33.7. The fourth-order valence-electron chi connectivity index (χ4n) is 9.89. The van der Waals surface area contributed by atoms with E-state index in [1.54, 1.807) is 0 Å². The SMILES string of the molecule is C=C/C(=C\C=C(/C)C1=CC[C@@H](C)c2c1sc1ccccc21)N(C1=CC=C(c2ccccc2)CC1)c1ccc2c(c1)C(c1ccccc1)(c1ccccc1)c1ccccc1-2. The molecule has 0 N–H and O–H groups in total. The fourth-order valence-corrected chi connectivity index (χ4v) is 11.3. The Hall–Kier alpha value is -6.48. The van der Waals surface area contributed by atoms with Crippen molar-refractivity contribution in [3.63, 3.8) is 0 Å². The highest BCUT2D eigenvalue weighted by molar-refractivity contribution is 7.20. The Morgan fingerprint density at radius 2 is 1.36 bits per heavy atom. The average Bonchev–Trinajstić information content (AvgIpc) is 3.84. The van der Waals surface area contributed by atoms with Crippen molar-refractivity contribution < 1.29 is 0 Å². The molecule has 0 spiro atoms. The third-order valence-corrected chi connectivity index (χ3v) is 13.9. The number of nitrogens with zero attached hydrogens (tertiary/aromatic N) is 1. The summed E-state index contributed by atoms with van der Waals surface area (Å²) >= 11 is 1.93. The monoisotopic (exact) mass is 777 g/mol. The standard InChI is InChI=1S/C57H47NS/c1-4-45(32-28-39(2)48-36-29-40(3)55-51-25-15-17-27-54(51)59-56(48)55)58(46-33-30-42(31-34-46)41-18-8-5-9-19-41)47-35-37-50-49-24-14-16-26-52(49)57(53(50)38-47,43-20-10-6-11-21-43)44-22-12-7-13-23-44/h4-28,30,32-33,35-38,40H,1,29,31,34H2,2-3H3/b39-28+,45-32+/t40-/m1/s1. The molecule has 0 fully saturated rings. The van der Waals surface area contributed by atoms with E-state index in [1.165, 1.54) is 81.9 Å². The van der Waals surface area contributed by atoms with E-state index < -0.39 is 5.41 Å². The number of hydrogen-bond donors (Lipinski definition) is 0. The number of allylic oxidation sites excluding steroid dienone is 10. The summed E-state index contributed by atoms with van der Waals surface area (Å²) in [7, 11) is 0. The lowest BCUT2D eigenvalue weighted by molar-refractivity contribution is 0.768. The van der Waals surface area contributed by atoms with Crippen LogP contribution < -0.4 is 4.90 Å². The van der Waals surface area contributed by atoms with E-state index in [0.29, 0.717) is 5.92 Å². The smallest absolute Gasteiger partial charge is 0.0714 e. The number of benzene rings is 6. The summed E-state index contributed by atoms with van der Waals surface area (Å²) in [4.78, 5) is 3.87. The van der Waals surface area contributed by atoms with Gasteiger partial charge in [0.05, 0.1) is 5.41 Å². The molecule has 7 aromatic rings. The van der Waals surface area contributed by atoms with Crippen molar-refractivity contribution in [1.29, 1.82) is 0 Å². The molecule has 0 amide bonds. The van der Waals surface area contributed by atoms with Crippen molar-refractivity contribution in [3.05, 3.63) is 256 Å². The molecule has 10 rings (SSSR count). The van der Waals surface area contributed by atoms with Gasteiger partial charge in [-0.25, -0.2) is 0 Å². The molecule has 0 unspecified atom stereocenters. The van der Waals surface area contributed by atoms with Crippen LogP contribution in [-0.2, 0) is 5.41 Å². The van der Waals surface area contributed by atoms with Gasteiger partial charge in [0.2, 0.25) is 0 Å². The third kappa shape index (κ3) is 6.22. The zero-order chi connectivity index (χ0) is 39.9. The minimum atomic E-state index is -0.488. The van der Waals surface area contributed by atoms with E-state index in [9.17, 15) is 0 Å². The first kappa shape index (κ1) is 36.8. The second kappa shape index (κ2) is 15.4. The quantitative estimate of drug-likeness (QED) is 0.132. The van der Waals surface area contributed by atoms with Crippen molar-refractivity contribution in [3.8, 4) is 11.1 Å². The molecule has 0 saturated heterocycles. The molecule has 0 bridgehead atoms. The minimum absolute atomic E-state index is 0.488. The third-order valence-electron chi connectivity index (χ3n) is 12.7. The molecule has 1 atom stereocenters. The highest BCUT2D eigenvalue weighted by atomic mass is 32.1. The van der Waals surface area contributed by atoms with Crippen LogP contribution in [0.3, 0.4) is 0 Å². The molecule has 59 heavy (non-hydrogen) atoms. The first-order chi connectivity index (χ1) is 29.1. The Balaban J connectivity index is 1.14. The fraction of sp³-hybridized carbons (Fsp3) is 0.123. The molecule has 2 heteroatoms. The Kier molecular flexibility index (Phi) is 9.59. The van der Waals surface area contributed by atoms with E-state index >= 15 is 0 Å². The van der Waals surface area contributed by atoms with Gasteiger partial charge in [0, 0.05) is 26.7 Å². The normalized spacial score (nSPS) is 17.0. The number of thiophene rings is 1. The first-order valence-electron chi connectivity index (χ1n) is 20.9. The maximum Gasteiger partial charge on any atom is 0.0714 e. The summed E-state index contributed by atoms with van der Waals surface area (Å²) in [5.41, 5.74) is 17.4. The predicted octanol–water partition coefficient (Wildman–Crippen LogP) is 15.4. The maximum atomic E-state index is 4.46. The molecule has 0 radical (unpaired) electrons. The van der Waals surface area contributed by atoms with Crippen molar-refractivity contribution in [2.24, 2.45) is 0 Å². The number of hydrogen-bond acceptors (Lipinski definition) is 2. The molecule has 3 aliphatic carbocycles. The molecular weight excluding hydrogens is 731 g/mol. The van der Waals surface area contributed by atoms with Gasteiger partial charge in [-0.05, 0) is 135 Å². The zero-order valence-corrected chi connectivity index (χ0v) is 34.6. The van der Waals surface area contributed by atoms with E-state index in [2.05, 4.69) is 213 Å². The van der Waals surface area contributed by atoms with Crippen molar-refractivity contribution in [1.82, 2.24) is 0 Å². The van der Waals surface area contributed by atoms with Crippen LogP contribution in [0.1, 0.15) is 77.3 Å². The lowest BCUT2D eigenvalue weighted by atomic mass is 9.67. The van der Waals surface area contributed by atoms with Gasteiger partial charge in [0.15, 0.2) is 0 Å². The summed E-state index contributed by atoms with van der Waals surface area (Å²) in [5.74, 6) is 0.504. The lowest BCUT2D eigenvalue weighted by Gasteiger charge is -2.35. The maximum absolute atomic E-state index is 4.46. The molecule has 1 nitrogen and oxygen atoms in total. The number of fused-ring (bicyclic) bond motifs is 6. The van der Waals surface area contributed by atoms with E-state index in [1.807, 2.05) is 17.4 Å². The second-order valence-electron chi connectivity index (χ2n) is 16.0. The van der Waals surface area contributed by atoms with Crippen LogP contribution in [-0.4, -0.2) is 0 Å². The Morgan fingerprint density at radius 1 is 0.695 bits per heavy atom. The van der Waals surface area contributed by atoms with Crippen molar-refractivity contribution in [2.45, 2.75) is 44.4 Å². The van der Waals surface area contributed by atoms with Gasteiger partial charge in [0.25, 0.3) is 0 Å². The van der Waals surface area contributed by atoms with Crippen molar-refractivity contribution in [2.75, 3.05) is 4.90 Å². The van der Waals surface area contributed by atoms with Crippen LogP contribution in [0.4, 0.5) is 5.69 Å². The van der Waals surface area contributed by atoms with E-state index in [4.69, 9.17) is 0 Å². The highest BCUT2D eigenvalue weighted by Gasteiger charge is 2.46. The summed E-state index contributed by atoms with van der Waals surface area (Å²) in [6.45, 7) is 9.10. The number of rotatable bonds is 9. The molecule has 6 aromatic carbocycles. The predicted molar refractivity (Wildman–Crippen MR) is 253 cm³/mol. The van der Waals surface area contributed by atoms with Crippen LogP contribution in [0.15, 0.2) is 218 Å². The van der Waals surface area contributed by atoms with Gasteiger partial charge in [0.1, 0.15) is 0 Å². The largest absolute Gasteiger partial charge is 0.314 e. The van der Waals surface area contributed by atoms with Gasteiger partial charge >= 0.3 is 0 Å². The van der Waals surface area contributed by atoms with E-state index in [0.717, 1.165) is 30.6 Å². The summed E-state index contributed by atoms with van der Waals surface area (Å²) in [5, 5.41) is 1.40. The minimum Gasteiger partial charge on any atom is -0.314 e. The molecule has 3 aliphatic rings. The van der Waals surface area contributed by atoms with Gasteiger partial charge in [-0.3, -0.25) is 0 Å². The van der Waals surface area contributed by atoms with Crippen LogP contribution in [0, 0.1) is 0 Å². The molecule has 0 aliphatic heterocycles. The number of anilines is 1. The summed E-state index contributed by atoms with van der Waals surface area (Å²) in [6.07, 6.45) is 16.7. The van der Waals surface area contributed by atoms with Crippen LogP contribution in [0.25, 0.3) is 32.4 Å².